The predicted octanol–water partition coefficient (Wildman–Crippen LogP) is 4.58. The molecule has 0 saturated heterocycles. The third kappa shape index (κ3) is 3.24. The standard InChI is InChI=1S/C14H11Cl2F2N/c1-19-14(8-2-3-12(17)13(18)6-8)9-4-10(15)7-11(16)5-9/h2-7,14,19H,1H3. The molecule has 0 spiro atoms. The Morgan fingerprint density at radius 1 is 0.895 bits per heavy atom. The van der Waals surface area contributed by atoms with Crippen molar-refractivity contribution in [2.45, 2.75) is 6.04 Å². The van der Waals surface area contributed by atoms with Crippen molar-refractivity contribution in [1.82, 2.24) is 5.32 Å². The molecule has 100 valence electrons. The minimum absolute atomic E-state index is 0.314. The topological polar surface area (TPSA) is 12.0 Å². The lowest BCUT2D eigenvalue weighted by atomic mass is 9.99. The molecule has 0 saturated carbocycles. The maximum absolute atomic E-state index is 13.3. The molecule has 0 aliphatic rings. The fourth-order valence-electron chi connectivity index (χ4n) is 1.96. The van der Waals surface area contributed by atoms with Crippen LogP contribution >= 0.6 is 23.2 Å². The first-order chi connectivity index (χ1) is 9.01. The van der Waals surface area contributed by atoms with E-state index in [0.29, 0.717) is 15.6 Å². The van der Waals surface area contributed by atoms with Crippen LogP contribution in [0.4, 0.5) is 8.78 Å². The van der Waals surface area contributed by atoms with Crippen molar-refractivity contribution in [3.05, 3.63) is 69.2 Å². The van der Waals surface area contributed by atoms with Crippen LogP contribution in [0.2, 0.25) is 10.0 Å². The minimum atomic E-state index is -0.883. The number of hydrogen-bond donors (Lipinski definition) is 1. The van der Waals surface area contributed by atoms with Gasteiger partial charge in [-0.25, -0.2) is 8.78 Å². The molecule has 0 heterocycles. The molecular formula is C14H11Cl2F2N. The van der Waals surface area contributed by atoms with Gasteiger partial charge in [-0.15, -0.1) is 0 Å². The molecule has 0 radical (unpaired) electrons. The Morgan fingerprint density at radius 2 is 1.53 bits per heavy atom. The number of benzene rings is 2. The highest BCUT2D eigenvalue weighted by Gasteiger charge is 2.15. The van der Waals surface area contributed by atoms with Crippen LogP contribution in [0.5, 0.6) is 0 Å². The molecule has 1 atom stereocenters. The van der Waals surface area contributed by atoms with Crippen molar-refractivity contribution in [3.8, 4) is 0 Å². The van der Waals surface area contributed by atoms with Crippen LogP contribution < -0.4 is 5.32 Å². The van der Waals surface area contributed by atoms with Crippen molar-refractivity contribution < 1.29 is 8.78 Å². The number of nitrogens with one attached hydrogen (secondary N) is 1. The summed E-state index contributed by atoms with van der Waals surface area (Å²) >= 11 is 11.9. The monoisotopic (exact) mass is 301 g/mol. The molecule has 2 aromatic rings. The Bertz CT molecular complexity index is 582. The lowest BCUT2D eigenvalue weighted by molar-refractivity contribution is 0.505. The fourth-order valence-corrected chi connectivity index (χ4v) is 2.50. The second kappa shape index (κ2) is 5.87. The van der Waals surface area contributed by atoms with E-state index in [1.807, 2.05) is 0 Å². The molecule has 1 nitrogen and oxygen atoms in total. The summed E-state index contributed by atoms with van der Waals surface area (Å²) in [6, 6.07) is 8.54. The molecule has 0 aliphatic carbocycles. The van der Waals surface area contributed by atoms with E-state index < -0.39 is 11.6 Å². The van der Waals surface area contributed by atoms with Crippen LogP contribution in [-0.2, 0) is 0 Å². The Morgan fingerprint density at radius 3 is 2.05 bits per heavy atom. The molecule has 2 aromatic carbocycles. The van der Waals surface area contributed by atoms with Gasteiger partial charge < -0.3 is 5.32 Å². The van der Waals surface area contributed by atoms with Crippen LogP contribution in [0.3, 0.4) is 0 Å². The van der Waals surface area contributed by atoms with Crippen molar-refractivity contribution >= 4 is 23.2 Å². The molecular weight excluding hydrogens is 291 g/mol. The molecule has 0 amide bonds. The van der Waals surface area contributed by atoms with Gasteiger partial charge in [-0.2, -0.15) is 0 Å². The molecule has 0 aliphatic heterocycles. The summed E-state index contributed by atoms with van der Waals surface area (Å²) in [5.41, 5.74) is 1.38. The molecule has 2 rings (SSSR count). The van der Waals surface area contributed by atoms with Gasteiger partial charge >= 0.3 is 0 Å². The van der Waals surface area contributed by atoms with Crippen molar-refractivity contribution in [2.24, 2.45) is 0 Å². The zero-order valence-corrected chi connectivity index (χ0v) is 11.6. The second-order valence-corrected chi connectivity index (χ2v) is 4.97. The largest absolute Gasteiger partial charge is 0.309 e. The van der Waals surface area contributed by atoms with Gasteiger partial charge in [0, 0.05) is 10.0 Å². The van der Waals surface area contributed by atoms with Crippen molar-refractivity contribution in [2.75, 3.05) is 7.05 Å². The zero-order chi connectivity index (χ0) is 14.0. The number of halogens is 4. The highest BCUT2D eigenvalue weighted by Crippen LogP contribution is 2.28. The van der Waals surface area contributed by atoms with Gasteiger partial charge in [-0.3, -0.25) is 0 Å². The summed E-state index contributed by atoms with van der Waals surface area (Å²) in [7, 11) is 1.72. The fraction of sp³-hybridized carbons (Fsp3) is 0.143. The van der Waals surface area contributed by atoms with Crippen LogP contribution in [0.25, 0.3) is 0 Å². The molecule has 1 N–H and O–H groups in total. The summed E-state index contributed by atoms with van der Waals surface area (Å²) in [5.74, 6) is -1.76. The summed E-state index contributed by atoms with van der Waals surface area (Å²) in [6.07, 6.45) is 0. The van der Waals surface area contributed by atoms with Crippen molar-refractivity contribution in [3.63, 3.8) is 0 Å². The summed E-state index contributed by atoms with van der Waals surface area (Å²) in [4.78, 5) is 0. The van der Waals surface area contributed by atoms with Crippen LogP contribution in [0.1, 0.15) is 17.2 Å². The lowest BCUT2D eigenvalue weighted by Crippen LogP contribution is -2.18. The van der Waals surface area contributed by atoms with Crippen LogP contribution in [-0.4, -0.2) is 7.05 Å². The van der Waals surface area contributed by atoms with E-state index in [0.717, 1.165) is 17.7 Å². The van der Waals surface area contributed by atoms with E-state index in [4.69, 9.17) is 23.2 Å². The summed E-state index contributed by atoms with van der Waals surface area (Å²) < 4.78 is 26.3. The second-order valence-electron chi connectivity index (χ2n) is 4.10. The first-order valence-electron chi connectivity index (χ1n) is 5.59. The Hall–Kier alpha value is -1.16. The van der Waals surface area contributed by atoms with E-state index in [9.17, 15) is 8.78 Å². The Labute approximate surface area is 120 Å². The van der Waals surface area contributed by atoms with Gasteiger partial charge in [0.2, 0.25) is 0 Å². The van der Waals surface area contributed by atoms with E-state index in [1.165, 1.54) is 6.07 Å². The van der Waals surface area contributed by atoms with E-state index >= 15 is 0 Å². The third-order valence-corrected chi connectivity index (χ3v) is 3.22. The highest BCUT2D eigenvalue weighted by atomic mass is 35.5. The minimum Gasteiger partial charge on any atom is -0.309 e. The van der Waals surface area contributed by atoms with E-state index in [2.05, 4.69) is 5.32 Å². The molecule has 0 aromatic heterocycles. The maximum Gasteiger partial charge on any atom is 0.159 e. The maximum atomic E-state index is 13.3. The molecule has 19 heavy (non-hydrogen) atoms. The number of rotatable bonds is 3. The van der Waals surface area contributed by atoms with Gasteiger partial charge in [0.05, 0.1) is 6.04 Å². The average Bonchev–Trinajstić information content (AvgIpc) is 2.33. The van der Waals surface area contributed by atoms with Crippen molar-refractivity contribution in [1.29, 1.82) is 0 Å². The van der Waals surface area contributed by atoms with Gasteiger partial charge in [0.15, 0.2) is 11.6 Å². The van der Waals surface area contributed by atoms with E-state index in [-0.39, 0.29) is 6.04 Å². The van der Waals surface area contributed by atoms with Crippen LogP contribution in [0, 0.1) is 11.6 Å². The normalized spacial score (nSPS) is 12.5. The summed E-state index contributed by atoms with van der Waals surface area (Å²) in [6.45, 7) is 0. The van der Waals surface area contributed by atoms with Gasteiger partial charge in [-0.1, -0.05) is 29.3 Å². The summed E-state index contributed by atoms with van der Waals surface area (Å²) in [5, 5.41) is 4.01. The Balaban J connectivity index is 2.46. The zero-order valence-electron chi connectivity index (χ0n) is 10.1. The van der Waals surface area contributed by atoms with Gasteiger partial charge in [-0.05, 0) is 48.5 Å². The first-order valence-corrected chi connectivity index (χ1v) is 6.35. The molecule has 0 fully saturated rings. The molecule has 0 bridgehead atoms. The SMILES string of the molecule is CNC(c1cc(Cl)cc(Cl)c1)c1ccc(F)c(F)c1. The van der Waals surface area contributed by atoms with Crippen LogP contribution in [0.15, 0.2) is 36.4 Å². The van der Waals surface area contributed by atoms with E-state index in [1.54, 1.807) is 25.2 Å². The lowest BCUT2D eigenvalue weighted by Gasteiger charge is -2.18. The predicted molar refractivity (Wildman–Crippen MR) is 73.7 cm³/mol. The van der Waals surface area contributed by atoms with Gasteiger partial charge in [0.25, 0.3) is 0 Å². The number of hydrogen-bond acceptors (Lipinski definition) is 1. The highest BCUT2D eigenvalue weighted by molar-refractivity contribution is 6.34. The van der Waals surface area contributed by atoms with Gasteiger partial charge in [0.1, 0.15) is 0 Å². The smallest absolute Gasteiger partial charge is 0.159 e. The molecule has 5 heteroatoms. The first kappa shape index (κ1) is 14.3. The Kier molecular flexibility index (Phi) is 4.40. The third-order valence-electron chi connectivity index (χ3n) is 2.78. The average molecular weight is 302 g/mol. The molecule has 1 unspecified atom stereocenters. The quantitative estimate of drug-likeness (QED) is 0.875.